The van der Waals surface area contributed by atoms with E-state index in [1.807, 2.05) is 4.72 Å². The Morgan fingerprint density at radius 1 is 1.22 bits per heavy atom. The van der Waals surface area contributed by atoms with Crippen molar-refractivity contribution in [1.82, 2.24) is 4.72 Å². The molecule has 8 heteroatoms. The summed E-state index contributed by atoms with van der Waals surface area (Å²) in [5, 5.41) is 17.3. The Balaban J connectivity index is 4.68. The zero-order chi connectivity index (χ0) is 14.6. The normalized spacial score (nSPS) is 14.2. The number of carbonyl (C=O) groups is 2. The molecule has 0 rings (SSSR count). The number of carboxylic acids is 2. The Morgan fingerprint density at radius 3 is 2.06 bits per heavy atom. The molecule has 0 radical (unpaired) electrons. The lowest BCUT2D eigenvalue weighted by Gasteiger charge is -2.20. The van der Waals surface area contributed by atoms with E-state index >= 15 is 0 Å². The zero-order valence-electron chi connectivity index (χ0n) is 10.6. The van der Waals surface area contributed by atoms with Gasteiger partial charge in [-0.3, -0.25) is 9.59 Å². The van der Waals surface area contributed by atoms with Crippen LogP contribution in [0.5, 0.6) is 0 Å². The second-order valence-corrected chi connectivity index (χ2v) is 7.01. The highest BCUT2D eigenvalue weighted by atomic mass is 32.2. The maximum absolute atomic E-state index is 11.7. The van der Waals surface area contributed by atoms with Gasteiger partial charge >= 0.3 is 11.9 Å². The minimum atomic E-state index is -3.76. The minimum Gasteiger partial charge on any atom is -0.481 e. The van der Waals surface area contributed by atoms with E-state index in [2.05, 4.69) is 0 Å². The Morgan fingerprint density at radius 2 is 1.72 bits per heavy atom. The first-order chi connectivity index (χ1) is 7.93. The van der Waals surface area contributed by atoms with Gasteiger partial charge in [-0.05, 0) is 11.8 Å². The summed E-state index contributed by atoms with van der Waals surface area (Å²) in [6.07, 6.45) is -0.691. The molecule has 0 fully saturated rings. The lowest BCUT2D eigenvalue weighted by molar-refractivity contribution is -0.140. The molecule has 0 aliphatic rings. The summed E-state index contributed by atoms with van der Waals surface area (Å²) in [5.74, 6) is -2.78. The average Bonchev–Trinajstić information content (AvgIpc) is 2.07. The molecular formula is C10H19NO6S. The van der Waals surface area contributed by atoms with Gasteiger partial charge in [0.1, 0.15) is 6.04 Å². The molecule has 1 atom stereocenters. The molecule has 0 saturated carbocycles. The van der Waals surface area contributed by atoms with Crippen molar-refractivity contribution in [1.29, 1.82) is 0 Å². The van der Waals surface area contributed by atoms with Gasteiger partial charge in [-0.1, -0.05) is 20.8 Å². The summed E-state index contributed by atoms with van der Waals surface area (Å²) < 4.78 is 25.4. The fourth-order valence-corrected chi connectivity index (χ4v) is 3.20. The lowest BCUT2D eigenvalue weighted by Crippen LogP contribution is -2.44. The molecule has 0 aliphatic heterocycles. The van der Waals surface area contributed by atoms with Gasteiger partial charge in [-0.2, -0.15) is 0 Å². The zero-order valence-corrected chi connectivity index (χ0v) is 11.5. The second-order valence-electron chi connectivity index (χ2n) is 5.26. The Bertz CT molecular complexity index is 409. The Labute approximate surface area is 106 Å². The minimum absolute atomic E-state index is 0.225. The van der Waals surface area contributed by atoms with Gasteiger partial charge in [-0.25, -0.2) is 13.1 Å². The maximum Gasteiger partial charge on any atom is 0.321 e. The topological polar surface area (TPSA) is 121 Å². The van der Waals surface area contributed by atoms with Gasteiger partial charge in [0.05, 0.1) is 5.75 Å². The predicted octanol–water partition coefficient (Wildman–Crippen LogP) is 0.270. The van der Waals surface area contributed by atoms with Gasteiger partial charge in [0.2, 0.25) is 10.0 Å². The standard InChI is InChI=1S/C10H19NO6S/c1-10(2,3)6-18(16,17)11-7(9(14)15)4-5-8(12)13/h7,11H,4-6H2,1-3H3,(H,12,13)(H,14,15). The molecule has 0 heterocycles. The lowest BCUT2D eigenvalue weighted by atomic mass is 10.0. The molecule has 7 nitrogen and oxygen atoms in total. The summed E-state index contributed by atoms with van der Waals surface area (Å²) >= 11 is 0. The summed E-state index contributed by atoms with van der Waals surface area (Å²) in [4.78, 5) is 21.2. The number of nitrogens with one attached hydrogen (secondary N) is 1. The molecule has 0 aromatic rings. The average molecular weight is 281 g/mol. The van der Waals surface area contributed by atoms with Crippen molar-refractivity contribution in [2.75, 3.05) is 5.75 Å². The van der Waals surface area contributed by atoms with Gasteiger partial charge in [0.15, 0.2) is 0 Å². The smallest absolute Gasteiger partial charge is 0.321 e. The van der Waals surface area contributed by atoms with Crippen LogP contribution in [0.1, 0.15) is 33.6 Å². The van der Waals surface area contributed by atoms with E-state index < -0.39 is 39.8 Å². The third kappa shape index (κ3) is 8.02. The number of hydrogen-bond donors (Lipinski definition) is 3. The molecule has 0 spiro atoms. The third-order valence-corrected chi connectivity index (χ3v) is 3.78. The van der Waals surface area contributed by atoms with Crippen molar-refractivity contribution >= 4 is 22.0 Å². The number of hydrogen-bond acceptors (Lipinski definition) is 4. The maximum atomic E-state index is 11.7. The fraction of sp³-hybridized carbons (Fsp3) is 0.800. The molecule has 0 aromatic heterocycles. The quantitative estimate of drug-likeness (QED) is 0.616. The van der Waals surface area contributed by atoms with E-state index in [9.17, 15) is 18.0 Å². The van der Waals surface area contributed by atoms with Crippen molar-refractivity contribution in [2.24, 2.45) is 5.41 Å². The molecule has 0 aliphatic carbocycles. The van der Waals surface area contributed by atoms with Crippen LogP contribution in [-0.2, 0) is 19.6 Å². The van der Waals surface area contributed by atoms with E-state index in [-0.39, 0.29) is 12.2 Å². The Kier molecular flexibility index (Phi) is 5.75. The first kappa shape index (κ1) is 16.9. The highest BCUT2D eigenvalue weighted by molar-refractivity contribution is 7.89. The molecule has 18 heavy (non-hydrogen) atoms. The monoisotopic (exact) mass is 281 g/mol. The third-order valence-electron chi connectivity index (χ3n) is 1.89. The van der Waals surface area contributed by atoms with Crippen LogP contribution in [0.3, 0.4) is 0 Å². The molecular weight excluding hydrogens is 262 g/mol. The van der Waals surface area contributed by atoms with Crippen LogP contribution in [0.2, 0.25) is 0 Å². The van der Waals surface area contributed by atoms with E-state index in [1.54, 1.807) is 20.8 Å². The van der Waals surface area contributed by atoms with Crippen molar-refractivity contribution in [2.45, 2.75) is 39.7 Å². The highest BCUT2D eigenvalue weighted by Crippen LogP contribution is 2.16. The summed E-state index contributed by atoms with van der Waals surface area (Å²) in [7, 11) is -3.76. The van der Waals surface area contributed by atoms with Crippen LogP contribution < -0.4 is 4.72 Å². The van der Waals surface area contributed by atoms with Crippen molar-refractivity contribution in [3.05, 3.63) is 0 Å². The fourth-order valence-electron chi connectivity index (χ4n) is 1.33. The van der Waals surface area contributed by atoms with E-state index in [1.165, 1.54) is 0 Å². The number of carboxylic acid groups (broad SMARTS) is 2. The van der Waals surface area contributed by atoms with Crippen LogP contribution >= 0.6 is 0 Å². The molecule has 1 unspecified atom stereocenters. The number of rotatable bonds is 7. The summed E-state index contributed by atoms with van der Waals surface area (Å²) in [5.41, 5.74) is -0.512. The van der Waals surface area contributed by atoms with Crippen LogP contribution in [0, 0.1) is 5.41 Å². The first-order valence-corrected chi connectivity index (χ1v) is 7.03. The van der Waals surface area contributed by atoms with E-state index in [0.29, 0.717) is 0 Å². The van der Waals surface area contributed by atoms with Gasteiger partial charge in [-0.15, -0.1) is 0 Å². The summed E-state index contributed by atoms with van der Waals surface area (Å²) in [6.45, 7) is 5.12. The highest BCUT2D eigenvalue weighted by Gasteiger charge is 2.28. The van der Waals surface area contributed by atoms with Crippen LogP contribution in [-0.4, -0.2) is 42.4 Å². The van der Waals surface area contributed by atoms with E-state index in [0.717, 1.165) is 0 Å². The van der Waals surface area contributed by atoms with Gasteiger partial charge in [0, 0.05) is 6.42 Å². The number of aliphatic carboxylic acids is 2. The van der Waals surface area contributed by atoms with Crippen molar-refractivity contribution < 1.29 is 28.2 Å². The molecule has 106 valence electrons. The first-order valence-electron chi connectivity index (χ1n) is 5.37. The van der Waals surface area contributed by atoms with Crippen LogP contribution in [0.4, 0.5) is 0 Å². The second kappa shape index (κ2) is 6.14. The molecule has 0 aromatic carbocycles. The molecule has 0 saturated heterocycles. The largest absolute Gasteiger partial charge is 0.481 e. The number of sulfonamides is 1. The van der Waals surface area contributed by atoms with E-state index in [4.69, 9.17) is 10.2 Å². The van der Waals surface area contributed by atoms with Crippen LogP contribution in [0.15, 0.2) is 0 Å². The van der Waals surface area contributed by atoms with Gasteiger partial charge < -0.3 is 10.2 Å². The predicted molar refractivity (Wildman–Crippen MR) is 64.7 cm³/mol. The molecule has 0 amide bonds. The molecule has 3 N–H and O–H groups in total. The Hall–Kier alpha value is -1.15. The van der Waals surface area contributed by atoms with Crippen molar-refractivity contribution in [3.8, 4) is 0 Å². The molecule has 0 bridgehead atoms. The van der Waals surface area contributed by atoms with Crippen LogP contribution in [0.25, 0.3) is 0 Å². The van der Waals surface area contributed by atoms with Crippen molar-refractivity contribution in [3.63, 3.8) is 0 Å². The van der Waals surface area contributed by atoms with Gasteiger partial charge in [0.25, 0.3) is 0 Å². The summed E-state index contributed by atoms with van der Waals surface area (Å²) in [6, 6.07) is -1.41. The SMILES string of the molecule is CC(C)(C)CS(=O)(=O)NC(CCC(=O)O)C(=O)O.